The third kappa shape index (κ3) is 2.36. The molecule has 0 aromatic carbocycles. The fourth-order valence-electron chi connectivity index (χ4n) is 1.39. The summed E-state index contributed by atoms with van der Waals surface area (Å²) in [6.07, 6.45) is 7.54. The van der Waals surface area contributed by atoms with Crippen LogP contribution in [0.4, 0.5) is 5.69 Å². The molecule has 2 aromatic heterocycles. The van der Waals surface area contributed by atoms with E-state index in [2.05, 4.69) is 26.3 Å². The lowest BCUT2D eigenvalue weighted by atomic mass is 10.2. The fourth-order valence-corrected chi connectivity index (χ4v) is 1.39. The van der Waals surface area contributed by atoms with Gasteiger partial charge in [0.25, 0.3) is 0 Å². The molecule has 5 nitrogen and oxygen atoms in total. The van der Waals surface area contributed by atoms with E-state index in [-0.39, 0.29) is 0 Å². The van der Waals surface area contributed by atoms with Gasteiger partial charge in [0, 0.05) is 31.1 Å². The van der Waals surface area contributed by atoms with Crippen molar-refractivity contribution in [3.63, 3.8) is 0 Å². The molecule has 0 fully saturated rings. The van der Waals surface area contributed by atoms with Crippen LogP contribution in [-0.4, -0.2) is 21.5 Å². The van der Waals surface area contributed by atoms with Crippen LogP contribution in [0.3, 0.4) is 0 Å². The van der Waals surface area contributed by atoms with Gasteiger partial charge in [0.2, 0.25) is 0 Å². The Bertz CT molecular complexity index is 483. The third-order valence-corrected chi connectivity index (χ3v) is 2.21. The molecule has 16 heavy (non-hydrogen) atoms. The number of nitriles is 1. The molecule has 0 bridgehead atoms. The maximum atomic E-state index is 8.87. The van der Waals surface area contributed by atoms with Gasteiger partial charge in [-0.05, 0) is 6.07 Å². The van der Waals surface area contributed by atoms with Crippen molar-refractivity contribution in [2.45, 2.75) is 6.42 Å². The minimum atomic E-state index is 0.611. The lowest BCUT2D eigenvalue weighted by Gasteiger charge is -2.05. The average Bonchev–Trinajstić information content (AvgIpc) is 2.83. The van der Waals surface area contributed by atoms with Crippen LogP contribution in [0.25, 0.3) is 0 Å². The van der Waals surface area contributed by atoms with Gasteiger partial charge >= 0.3 is 0 Å². The predicted octanol–water partition coefficient (Wildman–Crippen LogP) is 1.33. The normalized spacial score (nSPS) is 9.69. The summed E-state index contributed by atoms with van der Waals surface area (Å²) in [5.74, 6) is 0. The molecular weight excluding hydrogens is 202 g/mol. The number of hydrogen-bond acceptors (Lipinski definition) is 4. The summed E-state index contributed by atoms with van der Waals surface area (Å²) < 4.78 is 0. The first-order chi connectivity index (χ1) is 7.90. The van der Waals surface area contributed by atoms with Crippen LogP contribution < -0.4 is 5.32 Å². The first kappa shape index (κ1) is 10.2. The van der Waals surface area contributed by atoms with Crippen molar-refractivity contribution < 1.29 is 0 Å². The second-order valence-electron chi connectivity index (χ2n) is 3.29. The molecule has 0 saturated heterocycles. The Morgan fingerprint density at radius 2 is 2.31 bits per heavy atom. The predicted molar refractivity (Wildman–Crippen MR) is 59.7 cm³/mol. The number of aromatic amines is 1. The standard InChI is InChI=1S/C11H11N5/c12-5-9-1-3-13-7-11(9)15-4-2-10-6-14-8-16-10/h1,3,6-8,15H,2,4H2,(H,14,16). The van der Waals surface area contributed by atoms with Crippen LogP contribution in [-0.2, 0) is 6.42 Å². The van der Waals surface area contributed by atoms with Crippen molar-refractivity contribution in [2.75, 3.05) is 11.9 Å². The molecule has 2 heterocycles. The molecule has 80 valence electrons. The molecule has 0 spiro atoms. The van der Waals surface area contributed by atoms with E-state index < -0.39 is 0 Å². The van der Waals surface area contributed by atoms with Crippen LogP contribution in [0.15, 0.2) is 31.0 Å². The highest BCUT2D eigenvalue weighted by molar-refractivity contribution is 5.55. The summed E-state index contributed by atoms with van der Waals surface area (Å²) in [5, 5.41) is 12.0. The van der Waals surface area contributed by atoms with Crippen LogP contribution in [0, 0.1) is 11.3 Å². The molecular formula is C11H11N5. The van der Waals surface area contributed by atoms with Gasteiger partial charge in [0.1, 0.15) is 6.07 Å². The molecule has 2 N–H and O–H groups in total. The van der Waals surface area contributed by atoms with Gasteiger partial charge < -0.3 is 10.3 Å². The third-order valence-electron chi connectivity index (χ3n) is 2.21. The minimum absolute atomic E-state index is 0.611. The van der Waals surface area contributed by atoms with E-state index in [0.717, 1.165) is 24.3 Å². The number of nitrogens with zero attached hydrogens (tertiary/aromatic N) is 3. The Labute approximate surface area is 93.2 Å². The largest absolute Gasteiger partial charge is 0.382 e. The smallest absolute Gasteiger partial charge is 0.101 e. The van der Waals surface area contributed by atoms with Crippen LogP contribution in [0.2, 0.25) is 0 Å². The van der Waals surface area contributed by atoms with Gasteiger partial charge in [-0.2, -0.15) is 5.26 Å². The van der Waals surface area contributed by atoms with Crippen molar-refractivity contribution in [2.24, 2.45) is 0 Å². The number of imidazole rings is 1. The summed E-state index contributed by atoms with van der Waals surface area (Å²) in [5.41, 5.74) is 2.44. The molecule has 2 rings (SSSR count). The summed E-state index contributed by atoms with van der Waals surface area (Å²) in [6, 6.07) is 3.81. The summed E-state index contributed by atoms with van der Waals surface area (Å²) in [7, 11) is 0. The first-order valence-electron chi connectivity index (χ1n) is 4.95. The molecule has 2 aromatic rings. The van der Waals surface area contributed by atoms with Crippen molar-refractivity contribution in [1.29, 1.82) is 5.26 Å². The Hall–Kier alpha value is -2.35. The molecule has 0 aliphatic rings. The minimum Gasteiger partial charge on any atom is -0.382 e. The molecule has 0 amide bonds. The number of rotatable bonds is 4. The van der Waals surface area contributed by atoms with Crippen molar-refractivity contribution in [3.05, 3.63) is 42.2 Å². The van der Waals surface area contributed by atoms with Crippen molar-refractivity contribution in [3.8, 4) is 6.07 Å². The van der Waals surface area contributed by atoms with Crippen LogP contribution in [0.5, 0.6) is 0 Å². The van der Waals surface area contributed by atoms with E-state index in [1.165, 1.54) is 0 Å². The zero-order valence-electron chi connectivity index (χ0n) is 8.64. The summed E-state index contributed by atoms with van der Waals surface area (Å²) in [4.78, 5) is 10.9. The van der Waals surface area contributed by atoms with E-state index >= 15 is 0 Å². The van der Waals surface area contributed by atoms with Crippen molar-refractivity contribution in [1.82, 2.24) is 15.0 Å². The van der Waals surface area contributed by atoms with Gasteiger partial charge in [0.15, 0.2) is 0 Å². The highest BCUT2D eigenvalue weighted by atomic mass is 14.9. The zero-order chi connectivity index (χ0) is 11.2. The second kappa shape index (κ2) is 4.94. The Balaban J connectivity index is 1.93. The summed E-state index contributed by atoms with van der Waals surface area (Å²) >= 11 is 0. The van der Waals surface area contributed by atoms with E-state index in [1.54, 1.807) is 31.0 Å². The van der Waals surface area contributed by atoms with Gasteiger partial charge in [0.05, 0.1) is 23.8 Å². The molecule has 5 heteroatoms. The lowest BCUT2D eigenvalue weighted by molar-refractivity contribution is 0.974. The molecule has 0 radical (unpaired) electrons. The maximum absolute atomic E-state index is 8.87. The number of anilines is 1. The van der Waals surface area contributed by atoms with Gasteiger partial charge in [-0.1, -0.05) is 0 Å². The first-order valence-corrected chi connectivity index (χ1v) is 4.95. The molecule has 0 aliphatic carbocycles. The van der Waals surface area contributed by atoms with Gasteiger partial charge in [-0.25, -0.2) is 4.98 Å². The monoisotopic (exact) mass is 213 g/mol. The SMILES string of the molecule is N#Cc1ccncc1NCCc1cnc[nH]1. The molecule has 0 aliphatic heterocycles. The quantitative estimate of drug-likeness (QED) is 0.803. The van der Waals surface area contributed by atoms with E-state index in [4.69, 9.17) is 5.26 Å². The lowest BCUT2D eigenvalue weighted by Crippen LogP contribution is -2.06. The van der Waals surface area contributed by atoms with Crippen molar-refractivity contribution >= 4 is 5.69 Å². The zero-order valence-corrected chi connectivity index (χ0v) is 8.64. The van der Waals surface area contributed by atoms with Gasteiger partial charge in [-0.15, -0.1) is 0 Å². The Morgan fingerprint density at radius 1 is 1.38 bits per heavy atom. The topological polar surface area (TPSA) is 77.4 Å². The molecule has 0 unspecified atom stereocenters. The highest BCUT2D eigenvalue weighted by Gasteiger charge is 2.00. The number of H-pyrrole nitrogens is 1. The number of pyridine rings is 1. The Kier molecular flexibility index (Phi) is 3.14. The number of aromatic nitrogens is 3. The van der Waals surface area contributed by atoms with Crippen LogP contribution >= 0.6 is 0 Å². The van der Waals surface area contributed by atoms with E-state index in [0.29, 0.717) is 5.56 Å². The number of nitrogens with one attached hydrogen (secondary N) is 2. The number of hydrogen-bond donors (Lipinski definition) is 2. The summed E-state index contributed by atoms with van der Waals surface area (Å²) in [6.45, 7) is 0.739. The van der Waals surface area contributed by atoms with Gasteiger partial charge in [-0.3, -0.25) is 4.98 Å². The Morgan fingerprint density at radius 3 is 3.06 bits per heavy atom. The van der Waals surface area contributed by atoms with Crippen LogP contribution in [0.1, 0.15) is 11.3 Å². The molecule has 0 atom stereocenters. The average molecular weight is 213 g/mol. The highest BCUT2D eigenvalue weighted by Crippen LogP contribution is 2.11. The molecule has 0 saturated carbocycles. The van der Waals surface area contributed by atoms with E-state index in [9.17, 15) is 0 Å². The van der Waals surface area contributed by atoms with E-state index in [1.807, 2.05) is 0 Å². The maximum Gasteiger partial charge on any atom is 0.101 e. The second-order valence-corrected chi connectivity index (χ2v) is 3.29. The fraction of sp³-hybridized carbons (Fsp3) is 0.182.